The van der Waals surface area contributed by atoms with Crippen molar-refractivity contribution < 1.29 is 13.2 Å². The molecule has 1 aliphatic carbocycles. The lowest BCUT2D eigenvalue weighted by Gasteiger charge is -2.28. The zero-order valence-corrected chi connectivity index (χ0v) is 14.5. The highest BCUT2D eigenvalue weighted by Crippen LogP contribution is 2.50. The maximum Gasteiger partial charge on any atom is 0.243 e. The number of benzene rings is 1. The van der Waals surface area contributed by atoms with Crippen LogP contribution < -0.4 is 5.32 Å². The lowest BCUT2D eigenvalue weighted by Crippen LogP contribution is -2.38. The summed E-state index contributed by atoms with van der Waals surface area (Å²) in [5, 5.41) is 2.72. The van der Waals surface area contributed by atoms with Crippen molar-refractivity contribution >= 4 is 15.9 Å². The molecule has 3 rings (SSSR count). The Morgan fingerprint density at radius 3 is 2.39 bits per heavy atom. The van der Waals surface area contributed by atoms with Crippen molar-refractivity contribution in [2.45, 2.75) is 37.5 Å². The summed E-state index contributed by atoms with van der Waals surface area (Å²) in [6.07, 6.45) is 4.02. The fraction of sp³-hybridized carbons (Fsp3) is 0.588. The molecule has 1 N–H and O–H groups in total. The van der Waals surface area contributed by atoms with Gasteiger partial charge < -0.3 is 5.32 Å². The van der Waals surface area contributed by atoms with E-state index in [1.54, 1.807) is 19.2 Å². The Morgan fingerprint density at radius 1 is 1.22 bits per heavy atom. The zero-order chi connectivity index (χ0) is 16.7. The van der Waals surface area contributed by atoms with E-state index in [0.717, 1.165) is 31.2 Å². The minimum atomic E-state index is -3.54. The molecule has 2 fully saturated rings. The molecule has 1 saturated heterocycles. The molecule has 126 valence electrons. The van der Waals surface area contributed by atoms with Gasteiger partial charge in [-0.15, -0.1) is 0 Å². The number of aryl methyl sites for hydroxylation is 1. The van der Waals surface area contributed by atoms with E-state index < -0.39 is 10.0 Å². The Morgan fingerprint density at radius 2 is 1.83 bits per heavy atom. The van der Waals surface area contributed by atoms with Gasteiger partial charge in [-0.1, -0.05) is 30.5 Å². The highest BCUT2D eigenvalue weighted by molar-refractivity contribution is 7.89. The van der Waals surface area contributed by atoms with Gasteiger partial charge >= 0.3 is 0 Å². The molecule has 1 unspecified atom stereocenters. The highest BCUT2D eigenvalue weighted by atomic mass is 32.2. The van der Waals surface area contributed by atoms with Crippen molar-refractivity contribution in [1.29, 1.82) is 0 Å². The highest BCUT2D eigenvalue weighted by Gasteiger charge is 2.53. The Labute approximate surface area is 138 Å². The van der Waals surface area contributed by atoms with Crippen molar-refractivity contribution in [3.8, 4) is 0 Å². The van der Waals surface area contributed by atoms with E-state index in [1.807, 2.05) is 19.1 Å². The summed E-state index contributed by atoms with van der Waals surface area (Å²) in [6, 6.07) is 6.92. The molecule has 23 heavy (non-hydrogen) atoms. The first kappa shape index (κ1) is 16.5. The maximum atomic E-state index is 12.9. The number of carbonyl (C=O) groups excluding carboxylic acids is 1. The summed E-state index contributed by atoms with van der Waals surface area (Å²) in [7, 11) is -1.91. The van der Waals surface area contributed by atoms with E-state index >= 15 is 0 Å². The average Bonchev–Trinajstić information content (AvgIpc) is 3.15. The lowest BCUT2D eigenvalue weighted by atomic mass is 9.76. The van der Waals surface area contributed by atoms with Crippen molar-refractivity contribution in [2.24, 2.45) is 11.3 Å². The van der Waals surface area contributed by atoms with E-state index in [1.165, 1.54) is 4.31 Å². The van der Waals surface area contributed by atoms with Crippen LogP contribution in [0.5, 0.6) is 0 Å². The second kappa shape index (κ2) is 5.91. The van der Waals surface area contributed by atoms with E-state index in [4.69, 9.17) is 0 Å². The van der Waals surface area contributed by atoms with Gasteiger partial charge in [0.1, 0.15) is 0 Å². The second-order valence-corrected chi connectivity index (χ2v) is 8.78. The molecular formula is C17H24N2O3S. The summed E-state index contributed by atoms with van der Waals surface area (Å²) in [4.78, 5) is 12.6. The van der Waals surface area contributed by atoms with Gasteiger partial charge in [-0.2, -0.15) is 4.31 Å². The molecule has 6 heteroatoms. The number of nitrogens with one attached hydrogen (secondary N) is 1. The smallest absolute Gasteiger partial charge is 0.243 e. The van der Waals surface area contributed by atoms with Crippen LogP contribution in [-0.2, 0) is 14.8 Å². The molecule has 1 spiro atoms. The molecule has 5 nitrogen and oxygen atoms in total. The van der Waals surface area contributed by atoms with Gasteiger partial charge in [0.2, 0.25) is 15.9 Å². The first-order valence-electron chi connectivity index (χ1n) is 8.17. The van der Waals surface area contributed by atoms with Crippen LogP contribution in [0.15, 0.2) is 29.2 Å². The summed E-state index contributed by atoms with van der Waals surface area (Å²) in [6.45, 7) is 2.68. The van der Waals surface area contributed by atoms with E-state index in [0.29, 0.717) is 11.4 Å². The largest absolute Gasteiger partial charge is 0.359 e. The normalized spacial score (nSPS) is 24.2. The third-order valence-electron chi connectivity index (χ3n) is 5.44. The molecule has 0 radical (unpaired) electrons. The minimum Gasteiger partial charge on any atom is -0.359 e. The van der Waals surface area contributed by atoms with E-state index in [2.05, 4.69) is 5.32 Å². The maximum absolute atomic E-state index is 12.9. The molecule has 0 bridgehead atoms. The van der Waals surface area contributed by atoms with E-state index in [9.17, 15) is 13.2 Å². The number of amides is 1. The van der Waals surface area contributed by atoms with Crippen LogP contribution in [0.4, 0.5) is 0 Å². The summed E-state index contributed by atoms with van der Waals surface area (Å²) in [5.41, 5.74) is 0.846. The Hall–Kier alpha value is -1.40. The first-order valence-corrected chi connectivity index (χ1v) is 9.61. The summed E-state index contributed by atoms with van der Waals surface area (Å²) in [5.74, 6) is -0.274. The Kier molecular flexibility index (Phi) is 4.23. The fourth-order valence-electron chi connectivity index (χ4n) is 4.09. The topological polar surface area (TPSA) is 66.5 Å². The van der Waals surface area contributed by atoms with Crippen LogP contribution >= 0.6 is 0 Å². The number of hydrogen-bond acceptors (Lipinski definition) is 3. The van der Waals surface area contributed by atoms with Gasteiger partial charge in [-0.25, -0.2) is 8.42 Å². The van der Waals surface area contributed by atoms with Crippen LogP contribution in [0.2, 0.25) is 0 Å². The minimum absolute atomic E-state index is 0.0338. The van der Waals surface area contributed by atoms with Gasteiger partial charge in [0.05, 0.1) is 10.8 Å². The predicted molar refractivity (Wildman–Crippen MR) is 88.4 cm³/mol. The standard InChI is InChI=1S/C17H24N2O3S/c1-13-5-7-14(8-6-13)23(21,22)19-11-15(16(20)18-2)17(12-19)9-3-4-10-17/h5-8,15H,3-4,9-12H2,1-2H3,(H,18,20). The monoisotopic (exact) mass is 336 g/mol. The van der Waals surface area contributed by atoms with Crippen LogP contribution in [0.3, 0.4) is 0 Å². The molecule has 1 atom stereocenters. The molecule has 1 aromatic rings. The van der Waals surface area contributed by atoms with Gasteiger partial charge in [0.25, 0.3) is 0 Å². The van der Waals surface area contributed by atoms with Gasteiger partial charge in [-0.3, -0.25) is 4.79 Å². The fourth-order valence-corrected chi connectivity index (χ4v) is 5.64. The Balaban J connectivity index is 1.92. The van der Waals surface area contributed by atoms with Crippen molar-refractivity contribution in [2.75, 3.05) is 20.1 Å². The molecule has 1 heterocycles. The predicted octanol–water partition coefficient (Wildman–Crippen LogP) is 1.92. The first-order chi connectivity index (χ1) is 10.9. The molecule has 2 aliphatic rings. The van der Waals surface area contributed by atoms with Crippen molar-refractivity contribution in [1.82, 2.24) is 9.62 Å². The van der Waals surface area contributed by atoms with E-state index in [-0.39, 0.29) is 23.8 Å². The van der Waals surface area contributed by atoms with Gasteiger partial charge in [-0.05, 0) is 37.3 Å². The average molecular weight is 336 g/mol. The van der Waals surface area contributed by atoms with Crippen LogP contribution in [0.25, 0.3) is 0 Å². The molecule has 1 saturated carbocycles. The van der Waals surface area contributed by atoms with Crippen LogP contribution in [-0.4, -0.2) is 38.8 Å². The van der Waals surface area contributed by atoms with Crippen molar-refractivity contribution in [3.05, 3.63) is 29.8 Å². The molecule has 1 aliphatic heterocycles. The third-order valence-corrected chi connectivity index (χ3v) is 7.26. The Bertz CT molecular complexity index is 691. The quantitative estimate of drug-likeness (QED) is 0.917. The van der Waals surface area contributed by atoms with Gasteiger partial charge in [0, 0.05) is 20.1 Å². The SMILES string of the molecule is CNC(=O)C1CN(S(=O)(=O)c2ccc(C)cc2)CC12CCCC2. The number of carbonyl (C=O) groups is 1. The van der Waals surface area contributed by atoms with Crippen molar-refractivity contribution in [3.63, 3.8) is 0 Å². The zero-order valence-electron chi connectivity index (χ0n) is 13.7. The van der Waals surface area contributed by atoms with Gasteiger partial charge in [0.15, 0.2) is 0 Å². The number of hydrogen-bond donors (Lipinski definition) is 1. The van der Waals surface area contributed by atoms with Crippen LogP contribution in [0.1, 0.15) is 31.2 Å². The number of sulfonamides is 1. The summed E-state index contributed by atoms with van der Waals surface area (Å²) >= 11 is 0. The summed E-state index contributed by atoms with van der Waals surface area (Å²) < 4.78 is 27.4. The molecular weight excluding hydrogens is 312 g/mol. The van der Waals surface area contributed by atoms with Crippen LogP contribution in [0, 0.1) is 18.3 Å². The lowest BCUT2D eigenvalue weighted by molar-refractivity contribution is -0.127. The molecule has 1 aromatic carbocycles. The molecule has 1 amide bonds. The number of nitrogens with zero attached hydrogens (tertiary/aromatic N) is 1. The molecule has 0 aromatic heterocycles. The second-order valence-electron chi connectivity index (χ2n) is 6.85. The number of rotatable bonds is 3. The third kappa shape index (κ3) is 2.78.